The fourth-order valence-corrected chi connectivity index (χ4v) is 3.87. The average Bonchev–Trinajstić information content (AvgIpc) is 2.95. The van der Waals surface area contributed by atoms with Crippen molar-refractivity contribution in [2.75, 3.05) is 18.7 Å². The predicted octanol–water partition coefficient (Wildman–Crippen LogP) is 2.87. The van der Waals surface area contributed by atoms with Gasteiger partial charge in [0.2, 0.25) is 0 Å². The van der Waals surface area contributed by atoms with Gasteiger partial charge in [-0.25, -0.2) is 18.4 Å². The summed E-state index contributed by atoms with van der Waals surface area (Å²) in [6, 6.07) is 5.11. The summed E-state index contributed by atoms with van der Waals surface area (Å²) in [7, 11) is -1.87. The van der Waals surface area contributed by atoms with Crippen LogP contribution in [-0.2, 0) is 16.3 Å². The average molecular weight is 401 g/mol. The van der Waals surface area contributed by atoms with Gasteiger partial charge in [-0.05, 0) is 50.1 Å². The summed E-state index contributed by atoms with van der Waals surface area (Å²) in [5.74, 6) is 2.37. The molecule has 0 amide bonds. The molecule has 0 saturated carbocycles. The Kier molecular flexibility index (Phi) is 5.37. The van der Waals surface area contributed by atoms with Crippen LogP contribution in [0.1, 0.15) is 28.2 Å². The van der Waals surface area contributed by atoms with Gasteiger partial charge < -0.3 is 10.1 Å². The molecule has 0 spiro atoms. The predicted molar refractivity (Wildman–Crippen MR) is 107 cm³/mol. The number of aromatic amines is 1. The normalized spacial score (nSPS) is 11.5. The fourth-order valence-electron chi connectivity index (χ4n) is 2.86. The number of hydrogen-bond acceptors (Lipinski definition) is 7. The van der Waals surface area contributed by atoms with E-state index in [9.17, 15) is 8.42 Å². The number of anilines is 2. The molecule has 148 valence electrons. The lowest BCUT2D eigenvalue weighted by Crippen LogP contribution is -2.06. The summed E-state index contributed by atoms with van der Waals surface area (Å²) in [6.07, 6.45) is 3.22. The van der Waals surface area contributed by atoms with Crippen LogP contribution in [0.15, 0.2) is 29.3 Å². The number of rotatable bonds is 6. The molecule has 0 radical (unpaired) electrons. The number of aryl methyl sites for hydroxylation is 1. The van der Waals surface area contributed by atoms with Crippen LogP contribution in [-0.4, -0.2) is 41.9 Å². The molecule has 2 N–H and O–H groups in total. The highest BCUT2D eigenvalue weighted by molar-refractivity contribution is 7.90. The lowest BCUT2D eigenvalue weighted by Gasteiger charge is -2.13. The Morgan fingerprint density at radius 2 is 1.93 bits per heavy atom. The first-order valence-corrected chi connectivity index (χ1v) is 10.6. The molecule has 9 heteroatoms. The van der Waals surface area contributed by atoms with Crippen molar-refractivity contribution in [3.8, 4) is 5.75 Å². The van der Waals surface area contributed by atoms with Crippen LogP contribution in [0.25, 0.3) is 0 Å². The van der Waals surface area contributed by atoms with Crippen LogP contribution in [0.3, 0.4) is 0 Å². The Morgan fingerprint density at radius 1 is 1.18 bits per heavy atom. The maximum atomic E-state index is 12.1. The van der Waals surface area contributed by atoms with Gasteiger partial charge >= 0.3 is 0 Å². The molecular weight excluding hydrogens is 378 g/mol. The highest BCUT2D eigenvalue weighted by Gasteiger charge is 2.17. The van der Waals surface area contributed by atoms with Crippen LogP contribution in [0, 0.1) is 20.8 Å². The monoisotopic (exact) mass is 401 g/mol. The van der Waals surface area contributed by atoms with E-state index in [1.54, 1.807) is 19.2 Å². The zero-order valence-electron chi connectivity index (χ0n) is 16.5. The lowest BCUT2D eigenvalue weighted by atomic mass is 10.0. The van der Waals surface area contributed by atoms with Gasteiger partial charge in [0.05, 0.1) is 12.0 Å². The van der Waals surface area contributed by atoms with E-state index in [0.717, 1.165) is 16.8 Å². The van der Waals surface area contributed by atoms with E-state index in [1.165, 1.54) is 19.4 Å². The number of methoxy groups -OCH3 is 1. The van der Waals surface area contributed by atoms with E-state index in [-0.39, 0.29) is 4.90 Å². The fraction of sp³-hybridized carbons (Fsp3) is 0.316. The number of aromatic nitrogens is 4. The van der Waals surface area contributed by atoms with Crippen molar-refractivity contribution in [1.82, 2.24) is 20.2 Å². The van der Waals surface area contributed by atoms with Gasteiger partial charge in [-0.2, -0.15) is 5.10 Å². The van der Waals surface area contributed by atoms with Crippen LogP contribution < -0.4 is 10.1 Å². The summed E-state index contributed by atoms with van der Waals surface area (Å²) in [5, 5.41) is 10.3. The zero-order valence-corrected chi connectivity index (χ0v) is 17.3. The number of nitrogens with one attached hydrogen (secondary N) is 2. The Hall–Kier alpha value is -2.94. The first-order valence-electron chi connectivity index (χ1n) is 8.67. The van der Waals surface area contributed by atoms with E-state index in [4.69, 9.17) is 4.74 Å². The Morgan fingerprint density at radius 3 is 2.54 bits per heavy atom. The largest absolute Gasteiger partial charge is 0.497 e. The Balaban J connectivity index is 1.93. The Labute approximate surface area is 164 Å². The number of hydrogen-bond donors (Lipinski definition) is 2. The summed E-state index contributed by atoms with van der Waals surface area (Å²) in [4.78, 5) is 9.11. The molecule has 8 nitrogen and oxygen atoms in total. The van der Waals surface area contributed by atoms with Gasteiger partial charge in [0.25, 0.3) is 0 Å². The van der Waals surface area contributed by atoms with E-state index < -0.39 is 9.84 Å². The molecule has 0 aliphatic rings. The number of nitrogens with zero attached hydrogens (tertiary/aromatic N) is 3. The van der Waals surface area contributed by atoms with Crippen molar-refractivity contribution < 1.29 is 13.2 Å². The Bertz CT molecular complexity index is 1120. The van der Waals surface area contributed by atoms with Crippen LogP contribution in [0.5, 0.6) is 5.75 Å². The van der Waals surface area contributed by atoms with Crippen molar-refractivity contribution in [3.05, 3.63) is 52.6 Å². The molecule has 2 aromatic heterocycles. The number of sulfone groups is 1. The molecule has 28 heavy (non-hydrogen) atoms. The van der Waals surface area contributed by atoms with Crippen molar-refractivity contribution in [2.45, 2.75) is 32.1 Å². The first-order chi connectivity index (χ1) is 13.2. The summed E-state index contributed by atoms with van der Waals surface area (Å²) in [6.45, 7) is 5.70. The van der Waals surface area contributed by atoms with Crippen molar-refractivity contribution in [2.24, 2.45) is 0 Å². The number of ether oxygens (including phenoxy) is 1. The molecule has 0 unspecified atom stereocenters. The zero-order chi connectivity index (χ0) is 20.5. The number of H-pyrrole nitrogens is 1. The smallest absolute Gasteiger partial charge is 0.175 e. The van der Waals surface area contributed by atoms with Crippen molar-refractivity contribution in [1.29, 1.82) is 0 Å². The van der Waals surface area contributed by atoms with Crippen molar-refractivity contribution in [3.63, 3.8) is 0 Å². The molecule has 0 aliphatic carbocycles. The molecule has 0 fully saturated rings. The van der Waals surface area contributed by atoms with Gasteiger partial charge in [-0.3, -0.25) is 5.10 Å². The molecule has 3 aromatic rings. The third kappa shape index (κ3) is 4.14. The third-order valence-corrected chi connectivity index (χ3v) is 5.85. The van der Waals surface area contributed by atoms with Gasteiger partial charge in [0.1, 0.15) is 17.4 Å². The molecule has 3 rings (SSSR count). The minimum atomic E-state index is -3.38. The van der Waals surface area contributed by atoms with Crippen LogP contribution in [0.4, 0.5) is 11.6 Å². The molecule has 0 atom stereocenters. The minimum Gasteiger partial charge on any atom is -0.497 e. The number of benzene rings is 1. The van der Waals surface area contributed by atoms with E-state index in [1.807, 2.05) is 19.9 Å². The highest BCUT2D eigenvalue weighted by Crippen LogP contribution is 2.27. The van der Waals surface area contributed by atoms with Gasteiger partial charge in [-0.1, -0.05) is 0 Å². The molecule has 2 heterocycles. The van der Waals surface area contributed by atoms with Crippen LogP contribution >= 0.6 is 0 Å². The lowest BCUT2D eigenvalue weighted by molar-refractivity contribution is 0.412. The van der Waals surface area contributed by atoms with Gasteiger partial charge in [0.15, 0.2) is 15.7 Å². The van der Waals surface area contributed by atoms with E-state index >= 15 is 0 Å². The van der Waals surface area contributed by atoms with E-state index in [0.29, 0.717) is 35.2 Å². The standard InChI is InChI=1S/C19H23N5O3S/c1-11-13(3)23-24-19(11)22-17-6-7-20-18(21-17)9-14-8-15(27-4)10-16(12(14)2)28(5,25)26/h6-8,10H,9H2,1-5H3,(H2,20,21,22,23,24). The maximum Gasteiger partial charge on any atom is 0.175 e. The highest BCUT2D eigenvalue weighted by atomic mass is 32.2. The molecule has 1 aromatic carbocycles. The van der Waals surface area contributed by atoms with Crippen molar-refractivity contribution >= 4 is 21.5 Å². The summed E-state index contributed by atoms with van der Waals surface area (Å²) < 4.78 is 29.5. The van der Waals surface area contributed by atoms with E-state index in [2.05, 4.69) is 25.5 Å². The molecule has 0 saturated heterocycles. The second-order valence-electron chi connectivity index (χ2n) is 6.66. The SMILES string of the molecule is COc1cc(Cc2nccc(Nc3n[nH]c(C)c3C)n2)c(C)c(S(C)(=O)=O)c1. The second-order valence-corrected chi connectivity index (χ2v) is 8.65. The molecular formula is C19H23N5O3S. The minimum absolute atomic E-state index is 0.249. The summed E-state index contributed by atoms with van der Waals surface area (Å²) >= 11 is 0. The van der Waals surface area contributed by atoms with Crippen LogP contribution in [0.2, 0.25) is 0 Å². The second kappa shape index (κ2) is 7.59. The quantitative estimate of drug-likeness (QED) is 0.653. The van der Waals surface area contributed by atoms with Gasteiger partial charge in [0, 0.05) is 30.1 Å². The molecule has 0 aliphatic heterocycles. The van der Waals surface area contributed by atoms with Gasteiger partial charge in [-0.15, -0.1) is 0 Å². The third-order valence-electron chi connectivity index (χ3n) is 4.63. The maximum absolute atomic E-state index is 12.1. The topological polar surface area (TPSA) is 110 Å². The first kappa shape index (κ1) is 19.8. The molecule has 0 bridgehead atoms. The summed E-state index contributed by atoms with van der Waals surface area (Å²) in [5.41, 5.74) is 3.46.